The second-order valence-corrected chi connectivity index (χ2v) is 14.3. The van der Waals surface area contributed by atoms with Crippen LogP contribution in [0, 0.1) is 33.5 Å². The SMILES string of the molecule is CC(C)(C)C1=CC(C(C)(C)C)=C2C3=C(C[C@H]12)C1=C(C(C)(C)C)C=C(C(C)(C)C)[C@@H]1C3. The zero-order valence-electron chi connectivity index (χ0n) is 21.7. The van der Waals surface area contributed by atoms with E-state index in [1.807, 2.05) is 0 Å². The lowest BCUT2D eigenvalue weighted by Crippen LogP contribution is -2.19. The lowest BCUT2D eigenvalue weighted by molar-refractivity contribution is 0.442. The standard InChI is InChI=1S/C30H44/c1-27(2,3)21-15-23(29(7,8)9)25-18-14-20-22(28(4,5)6)16-24(30(10,11)12)26(20)17(18)13-19(21)25/h15-16,19-20H,13-14H2,1-12H3/t19-,20+. The van der Waals surface area contributed by atoms with E-state index >= 15 is 0 Å². The van der Waals surface area contributed by atoms with Gasteiger partial charge < -0.3 is 0 Å². The van der Waals surface area contributed by atoms with Crippen molar-refractivity contribution >= 4 is 0 Å². The quantitative estimate of drug-likeness (QED) is 0.378. The van der Waals surface area contributed by atoms with Crippen LogP contribution in [0.25, 0.3) is 0 Å². The highest BCUT2D eigenvalue weighted by molar-refractivity contribution is 5.70. The Balaban J connectivity index is 1.89. The van der Waals surface area contributed by atoms with Crippen molar-refractivity contribution < 1.29 is 0 Å². The lowest BCUT2D eigenvalue weighted by atomic mass is 9.74. The molecule has 0 bridgehead atoms. The first-order chi connectivity index (χ1) is 13.4. The summed E-state index contributed by atoms with van der Waals surface area (Å²) >= 11 is 0. The second kappa shape index (κ2) is 6.14. The Morgan fingerprint density at radius 3 is 1.03 bits per heavy atom. The Bertz CT molecular complexity index is 873. The van der Waals surface area contributed by atoms with Crippen molar-refractivity contribution in [2.24, 2.45) is 33.5 Å². The van der Waals surface area contributed by atoms with Gasteiger partial charge >= 0.3 is 0 Å². The second-order valence-electron chi connectivity index (χ2n) is 14.3. The average molecular weight is 405 g/mol. The zero-order valence-corrected chi connectivity index (χ0v) is 21.7. The summed E-state index contributed by atoms with van der Waals surface area (Å²) in [4.78, 5) is 0. The summed E-state index contributed by atoms with van der Waals surface area (Å²) in [5.74, 6) is 1.22. The smallest absolute Gasteiger partial charge is 0.0103 e. The summed E-state index contributed by atoms with van der Waals surface area (Å²) in [5.41, 5.74) is 14.3. The fourth-order valence-electron chi connectivity index (χ4n) is 6.44. The Kier molecular flexibility index (Phi) is 4.49. The van der Waals surface area contributed by atoms with E-state index in [4.69, 9.17) is 0 Å². The molecule has 0 unspecified atom stereocenters. The Hall–Kier alpha value is -1.30. The van der Waals surface area contributed by atoms with E-state index in [2.05, 4.69) is 95.2 Å². The minimum atomic E-state index is 0.199. The average Bonchev–Trinajstić information content (AvgIpc) is 3.17. The fourth-order valence-corrected chi connectivity index (χ4v) is 6.44. The van der Waals surface area contributed by atoms with E-state index in [-0.39, 0.29) is 21.7 Å². The van der Waals surface area contributed by atoms with Crippen molar-refractivity contribution in [2.45, 2.75) is 95.9 Å². The molecule has 0 amide bonds. The molecule has 0 aromatic carbocycles. The van der Waals surface area contributed by atoms with Crippen LogP contribution in [-0.2, 0) is 0 Å². The van der Waals surface area contributed by atoms with E-state index in [9.17, 15) is 0 Å². The summed E-state index contributed by atoms with van der Waals surface area (Å²) in [6, 6.07) is 0. The molecule has 0 saturated carbocycles. The molecular formula is C30H44. The predicted octanol–water partition coefficient (Wildman–Crippen LogP) is 8.98. The monoisotopic (exact) mass is 404 g/mol. The van der Waals surface area contributed by atoms with Crippen LogP contribution in [-0.4, -0.2) is 0 Å². The van der Waals surface area contributed by atoms with Crippen molar-refractivity contribution in [3.05, 3.63) is 56.7 Å². The van der Waals surface area contributed by atoms with Crippen molar-refractivity contribution in [3.8, 4) is 0 Å². The van der Waals surface area contributed by atoms with Crippen LogP contribution in [0.4, 0.5) is 0 Å². The van der Waals surface area contributed by atoms with Crippen LogP contribution in [0.5, 0.6) is 0 Å². The van der Waals surface area contributed by atoms with Gasteiger partial charge in [0, 0.05) is 11.8 Å². The first-order valence-corrected chi connectivity index (χ1v) is 12.1. The number of hydrogen-bond acceptors (Lipinski definition) is 0. The lowest BCUT2D eigenvalue weighted by Gasteiger charge is -2.30. The van der Waals surface area contributed by atoms with Crippen LogP contribution in [0.1, 0.15) is 95.9 Å². The van der Waals surface area contributed by atoms with Gasteiger partial charge in [-0.25, -0.2) is 0 Å². The van der Waals surface area contributed by atoms with E-state index < -0.39 is 0 Å². The molecule has 2 atom stereocenters. The third-order valence-corrected chi connectivity index (χ3v) is 7.81. The molecule has 0 N–H and O–H groups in total. The first kappa shape index (κ1) is 21.9. The molecule has 4 aliphatic rings. The Labute approximate surface area is 186 Å². The van der Waals surface area contributed by atoms with Crippen molar-refractivity contribution in [1.82, 2.24) is 0 Å². The molecule has 0 aliphatic heterocycles. The number of hydrogen-bond donors (Lipinski definition) is 0. The summed E-state index contributed by atoms with van der Waals surface area (Å²) < 4.78 is 0. The Morgan fingerprint density at radius 2 is 0.800 bits per heavy atom. The van der Waals surface area contributed by atoms with E-state index in [1.54, 1.807) is 44.6 Å². The molecule has 0 heterocycles. The molecule has 0 aromatic rings. The van der Waals surface area contributed by atoms with Gasteiger partial charge in [-0.15, -0.1) is 0 Å². The zero-order chi connectivity index (χ0) is 22.6. The molecule has 0 spiro atoms. The van der Waals surface area contributed by atoms with Gasteiger partial charge in [0.05, 0.1) is 0 Å². The Morgan fingerprint density at radius 1 is 0.500 bits per heavy atom. The van der Waals surface area contributed by atoms with Crippen LogP contribution < -0.4 is 0 Å². The van der Waals surface area contributed by atoms with Crippen molar-refractivity contribution in [3.63, 3.8) is 0 Å². The molecular weight excluding hydrogens is 360 g/mol. The summed E-state index contributed by atoms with van der Waals surface area (Å²) in [5, 5.41) is 0. The minimum Gasteiger partial charge on any atom is -0.0578 e. The van der Waals surface area contributed by atoms with Crippen molar-refractivity contribution in [2.75, 3.05) is 0 Å². The highest BCUT2D eigenvalue weighted by Crippen LogP contribution is 2.64. The maximum atomic E-state index is 2.59. The number of rotatable bonds is 0. The molecule has 0 fully saturated rings. The molecule has 4 aliphatic carbocycles. The molecule has 164 valence electrons. The van der Waals surface area contributed by atoms with Gasteiger partial charge in [-0.2, -0.15) is 0 Å². The molecule has 0 heteroatoms. The van der Waals surface area contributed by atoms with Crippen LogP contribution in [0.3, 0.4) is 0 Å². The maximum Gasteiger partial charge on any atom is 0.0103 e. The van der Waals surface area contributed by atoms with Crippen LogP contribution >= 0.6 is 0 Å². The highest BCUT2D eigenvalue weighted by Gasteiger charge is 2.51. The normalized spacial score (nSPS) is 27.1. The largest absolute Gasteiger partial charge is 0.0578 e. The van der Waals surface area contributed by atoms with Gasteiger partial charge in [-0.05, 0) is 67.9 Å². The first-order valence-electron chi connectivity index (χ1n) is 12.1. The van der Waals surface area contributed by atoms with Gasteiger partial charge in [0.25, 0.3) is 0 Å². The van der Waals surface area contributed by atoms with Gasteiger partial charge in [0.1, 0.15) is 0 Å². The highest BCUT2D eigenvalue weighted by atomic mass is 14.5. The molecule has 0 nitrogen and oxygen atoms in total. The van der Waals surface area contributed by atoms with Gasteiger partial charge in [0.2, 0.25) is 0 Å². The molecule has 4 rings (SSSR count). The van der Waals surface area contributed by atoms with E-state index in [0.29, 0.717) is 11.8 Å². The number of fused-ring (bicyclic) bond motifs is 4. The topological polar surface area (TPSA) is 0 Å². The third kappa shape index (κ3) is 3.16. The predicted molar refractivity (Wildman–Crippen MR) is 131 cm³/mol. The van der Waals surface area contributed by atoms with Crippen molar-refractivity contribution in [1.29, 1.82) is 0 Å². The minimum absolute atomic E-state index is 0.199. The fraction of sp³-hybridized carbons (Fsp3) is 0.667. The molecule has 0 saturated heterocycles. The maximum absolute atomic E-state index is 2.59. The molecule has 30 heavy (non-hydrogen) atoms. The number of allylic oxidation sites excluding steroid dienone is 10. The summed E-state index contributed by atoms with van der Waals surface area (Å²) in [6.45, 7) is 28.9. The van der Waals surface area contributed by atoms with Crippen LogP contribution in [0.2, 0.25) is 0 Å². The van der Waals surface area contributed by atoms with Gasteiger partial charge in [0.15, 0.2) is 0 Å². The van der Waals surface area contributed by atoms with E-state index in [0.717, 1.165) is 0 Å². The van der Waals surface area contributed by atoms with Gasteiger partial charge in [-0.1, -0.05) is 106 Å². The van der Waals surface area contributed by atoms with Gasteiger partial charge in [-0.3, -0.25) is 0 Å². The third-order valence-electron chi connectivity index (χ3n) is 7.81. The van der Waals surface area contributed by atoms with E-state index in [1.165, 1.54) is 12.8 Å². The summed E-state index contributed by atoms with van der Waals surface area (Å²) in [6.07, 6.45) is 7.64. The molecule has 0 aromatic heterocycles. The van der Waals surface area contributed by atoms with Crippen LogP contribution in [0.15, 0.2) is 56.7 Å². The molecule has 0 radical (unpaired) electrons. The summed E-state index contributed by atoms with van der Waals surface area (Å²) in [7, 11) is 0.